The van der Waals surface area contributed by atoms with Crippen molar-refractivity contribution in [1.82, 2.24) is 15.1 Å². The lowest BCUT2D eigenvalue weighted by atomic mass is 10.1. The lowest BCUT2D eigenvalue weighted by molar-refractivity contribution is 0.346. The van der Waals surface area contributed by atoms with Gasteiger partial charge in [0.1, 0.15) is 0 Å². The van der Waals surface area contributed by atoms with Crippen molar-refractivity contribution in [3.8, 4) is 0 Å². The van der Waals surface area contributed by atoms with Gasteiger partial charge in [-0.25, -0.2) is 0 Å². The number of hydrogen-bond donors (Lipinski definition) is 1. The number of nitrogens with one attached hydrogen (secondary N) is 1. The second-order valence-corrected chi connectivity index (χ2v) is 6.09. The Bertz CT molecular complexity index is 372. The summed E-state index contributed by atoms with van der Waals surface area (Å²) >= 11 is 0. The summed E-state index contributed by atoms with van der Waals surface area (Å²) < 4.78 is 2.16. The summed E-state index contributed by atoms with van der Waals surface area (Å²) in [5.41, 5.74) is 4.03. The molecule has 1 aromatic heterocycles. The van der Waals surface area contributed by atoms with Crippen LogP contribution in [0.5, 0.6) is 0 Å². The quantitative estimate of drug-likeness (QED) is 0.787. The molecule has 0 aliphatic carbocycles. The van der Waals surface area contributed by atoms with Crippen molar-refractivity contribution in [3.05, 3.63) is 17.0 Å². The minimum atomic E-state index is 0.0769. The van der Waals surface area contributed by atoms with Crippen molar-refractivity contribution in [2.45, 2.75) is 66.3 Å². The van der Waals surface area contributed by atoms with E-state index in [1.165, 1.54) is 29.8 Å². The zero-order valence-corrected chi connectivity index (χ0v) is 12.9. The van der Waals surface area contributed by atoms with Crippen LogP contribution in [0.15, 0.2) is 0 Å². The lowest BCUT2D eigenvalue weighted by Gasteiger charge is -2.21. The molecule has 18 heavy (non-hydrogen) atoms. The zero-order valence-electron chi connectivity index (χ0n) is 12.9. The van der Waals surface area contributed by atoms with Gasteiger partial charge in [-0.05, 0) is 72.5 Å². The van der Waals surface area contributed by atoms with Crippen molar-refractivity contribution in [3.63, 3.8) is 0 Å². The van der Waals surface area contributed by atoms with Crippen LogP contribution in [0.25, 0.3) is 0 Å². The minimum absolute atomic E-state index is 0.0769. The summed E-state index contributed by atoms with van der Waals surface area (Å²) in [5.74, 6) is 0. The van der Waals surface area contributed by atoms with E-state index < -0.39 is 0 Å². The van der Waals surface area contributed by atoms with Crippen molar-refractivity contribution in [2.75, 3.05) is 13.1 Å². The molecule has 0 aromatic carbocycles. The van der Waals surface area contributed by atoms with Gasteiger partial charge < -0.3 is 5.32 Å². The van der Waals surface area contributed by atoms with Gasteiger partial charge in [-0.2, -0.15) is 5.10 Å². The van der Waals surface area contributed by atoms with Crippen LogP contribution >= 0.6 is 0 Å². The highest BCUT2D eigenvalue weighted by molar-refractivity contribution is 5.25. The third-order valence-electron chi connectivity index (χ3n) is 3.28. The molecule has 1 heterocycles. The molecule has 104 valence electrons. The molecule has 0 saturated carbocycles. The number of aryl methyl sites for hydroxylation is 1. The summed E-state index contributed by atoms with van der Waals surface area (Å²) in [5, 5.41) is 8.15. The van der Waals surface area contributed by atoms with Gasteiger partial charge in [-0.1, -0.05) is 6.92 Å². The predicted octanol–water partition coefficient (Wildman–Crippen LogP) is 3.19. The average Bonchev–Trinajstić information content (AvgIpc) is 2.55. The van der Waals surface area contributed by atoms with Crippen LogP contribution in [-0.4, -0.2) is 22.9 Å². The summed E-state index contributed by atoms with van der Waals surface area (Å²) in [4.78, 5) is 0. The fraction of sp³-hybridized carbons (Fsp3) is 0.800. The molecule has 3 nitrogen and oxygen atoms in total. The van der Waals surface area contributed by atoms with E-state index >= 15 is 0 Å². The lowest BCUT2D eigenvalue weighted by Crippen LogP contribution is -2.24. The smallest absolute Gasteiger partial charge is 0.0628 e. The molecular weight excluding hydrogens is 222 g/mol. The Morgan fingerprint density at radius 3 is 2.33 bits per heavy atom. The van der Waals surface area contributed by atoms with E-state index in [0.29, 0.717) is 0 Å². The average molecular weight is 251 g/mol. The molecule has 0 bridgehead atoms. The highest BCUT2D eigenvalue weighted by atomic mass is 15.3. The Labute approximate surface area is 112 Å². The van der Waals surface area contributed by atoms with E-state index in [4.69, 9.17) is 5.10 Å². The molecule has 0 aliphatic heterocycles. The van der Waals surface area contributed by atoms with Gasteiger partial charge in [0.25, 0.3) is 0 Å². The number of aromatic nitrogens is 2. The molecule has 1 N–H and O–H groups in total. The van der Waals surface area contributed by atoms with E-state index in [-0.39, 0.29) is 5.54 Å². The largest absolute Gasteiger partial charge is 0.317 e. The van der Waals surface area contributed by atoms with Crippen LogP contribution in [0.1, 0.15) is 57.5 Å². The molecule has 0 fully saturated rings. The summed E-state index contributed by atoms with van der Waals surface area (Å²) in [6.45, 7) is 15.4. The Morgan fingerprint density at radius 1 is 1.17 bits per heavy atom. The minimum Gasteiger partial charge on any atom is -0.317 e. The number of rotatable bonds is 6. The Kier molecular flexibility index (Phi) is 5.39. The Morgan fingerprint density at radius 2 is 1.83 bits per heavy atom. The van der Waals surface area contributed by atoms with Gasteiger partial charge in [0.2, 0.25) is 0 Å². The van der Waals surface area contributed by atoms with Gasteiger partial charge in [-0.3, -0.25) is 4.68 Å². The summed E-state index contributed by atoms with van der Waals surface area (Å²) in [7, 11) is 0. The predicted molar refractivity (Wildman–Crippen MR) is 78.2 cm³/mol. The van der Waals surface area contributed by atoms with E-state index in [2.05, 4.69) is 51.5 Å². The van der Waals surface area contributed by atoms with Crippen LogP contribution in [0.4, 0.5) is 0 Å². The molecule has 1 rings (SSSR count). The fourth-order valence-electron chi connectivity index (χ4n) is 2.38. The van der Waals surface area contributed by atoms with Crippen LogP contribution in [-0.2, 0) is 12.0 Å². The second kappa shape index (κ2) is 6.37. The summed E-state index contributed by atoms with van der Waals surface area (Å²) in [6.07, 6.45) is 3.53. The molecule has 1 aromatic rings. The topological polar surface area (TPSA) is 29.9 Å². The molecule has 0 aliphatic rings. The maximum absolute atomic E-state index is 4.69. The Balaban J connectivity index is 2.64. The first kappa shape index (κ1) is 15.2. The molecule has 3 heteroatoms. The van der Waals surface area contributed by atoms with Crippen LogP contribution in [0, 0.1) is 13.8 Å². The van der Waals surface area contributed by atoms with Gasteiger partial charge in [0.15, 0.2) is 0 Å². The third-order valence-corrected chi connectivity index (χ3v) is 3.28. The van der Waals surface area contributed by atoms with Gasteiger partial charge in [0.05, 0.1) is 11.2 Å². The van der Waals surface area contributed by atoms with Gasteiger partial charge in [-0.15, -0.1) is 0 Å². The van der Waals surface area contributed by atoms with Crippen LogP contribution < -0.4 is 5.32 Å². The first-order chi connectivity index (χ1) is 8.38. The molecule has 0 spiro atoms. The number of hydrogen-bond acceptors (Lipinski definition) is 2. The van der Waals surface area contributed by atoms with E-state index in [0.717, 1.165) is 19.5 Å². The second-order valence-electron chi connectivity index (χ2n) is 6.09. The summed E-state index contributed by atoms with van der Waals surface area (Å²) in [6, 6.07) is 0. The van der Waals surface area contributed by atoms with Crippen LogP contribution in [0.3, 0.4) is 0 Å². The third kappa shape index (κ3) is 3.84. The van der Waals surface area contributed by atoms with Crippen molar-refractivity contribution in [1.29, 1.82) is 0 Å². The monoisotopic (exact) mass is 251 g/mol. The maximum atomic E-state index is 4.69. The molecule has 0 radical (unpaired) electrons. The van der Waals surface area contributed by atoms with Gasteiger partial charge >= 0.3 is 0 Å². The zero-order chi connectivity index (χ0) is 13.8. The van der Waals surface area contributed by atoms with Crippen LogP contribution in [0.2, 0.25) is 0 Å². The molecule has 0 saturated heterocycles. The van der Waals surface area contributed by atoms with Crippen molar-refractivity contribution < 1.29 is 0 Å². The first-order valence-electron chi connectivity index (χ1n) is 7.14. The van der Waals surface area contributed by atoms with Crippen molar-refractivity contribution in [2.24, 2.45) is 0 Å². The van der Waals surface area contributed by atoms with E-state index in [1.807, 2.05) is 0 Å². The van der Waals surface area contributed by atoms with E-state index in [9.17, 15) is 0 Å². The molecule has 0 unspecified atom stereocenters. The molecule has 0 amide bonds. The highest BCUT2D eigenvalue weighted by Gasteiger charge is 2.20. The normalized spacial score (nSPS) is 12.1. The molecular formula is C15H29N3. The number of nitrogens with zero attached hydrogens (tertiary/aromatic N) is 2. The Hall–Kier alpha value is -0.830. The first-order valence-corrected chi connectivity index (χ1v) is 7.14. The fourth-order valence-corrected chi connectivity index (χ4v) is 2.38. The highest BCUT2D eigenvalue weighted by Crippen LogP contribution is 2.22. The maximum Gasteiger partial charge on any atom is 0.0628 e. The van der Waals surface area contributed by atoms with Gasteiger partial charge in [0, 0.05) is 5.69 Å². The SMILES string of the molecule is CCCNCCCc1c(C)nn(C(C)(C)C)c1C. The van der Waals surface area contributed by atoms with E-state index in [1.54, 1.807) is 0 Å². The standard InChI is InChI=1S/C15H29N3/c1-7-10-16-11-8-9-14-12(2)17-18(13(14)3)15(4,5)6/h16H,7-11H2,1-6H3. The van der Waals surface area contributed by atoms with Crippen molar-refractivity contribution >= 4 is 0 Å². The molecule has 0 atom stereocenters.